The van der Waals surface area contributed by atoms with Gasteiger partial charge in [0.2, 0.25) is 0 Å². The van der Waals surface area contributed by atoms with Crippen LogP contribution in [0.25, 0.3) is 6.08 Å². The number of rotatable bonds is 3. The van der Waals surface area contributed by atoms with E-state index < -0.39 is 0 Å². The SMILES string of the molecule is CCC(=Cc1ccc(C)c(C)c1)CN. The summed E-state index contributed by atoms with van der Waals surface area (Å²) in [7, 11) is 0. The Morgan fingerprint density at radius 2 is 2.00 bits per heavy atom. The predicted octanol–water partition coefficient (Wildman–Crippen LogP) is 3.06. The molecule has 2 N–H and O–H groups in total. The van der Waals surface area contributed by atoms with Crippen LogP contribution in [0.2, 0.25) is 0 Å². The Kier molecular flexibility index (Phi) is 3.90. The van der Waals surface area contributed by atoms with Crippen molar-refractivity contribution in [3.05, 3.63) is 40.5 Å². The van der Waals surface area contributed by atoms with Crippen molar-refractivity contribution in [1.82, 2.24) is 0 Å². The third-order valence-electron chi connectivity index (χ3n) is 2.62. The fourth-order valence-corrected chi connectivity index (χ4v) is 1.40. The Morgan fingerprint density at radius 3 is 2.50 bits per heavy atom. The minimum atomic E-state index is 0.656. The number of hydrogen-bond donors (Lipinski definition) is 1. The maximum atomic E-state index is 5.63. The van der Waals surface area contributed by atoms with Crippen LogP contribution in [0.15, 0.2) is 23.8 Å². The first kappa shape index (κ1) is 11.0. The van der Waals surface area contributed by atoms with Gasteiger partial charge in [-0.25, -0.2) is 0 Å². The van der Waals surface area contributed by atoms with Crippen LogP contribution in [0, 0.1) is 13.8 Å². The average molecular weight is 189 g/mol. The molecule has 0 aromatic heterocycles. The van der Waals surface area contributed by atoms with E-state index in [1.807, 2.05) is 0 Å². The van der Waals surface area contributed by atoms with Gasteiger partial charge in [-0.3, -0.25) is 0 Å². The zero-order valence-corrected chi connectivity index (χ0v) is 9.30. The third kappa shape index (κ3) is 2.71. The lowest BCUT2D eigenvalue weighted by Gasteiger charge is -2.03. The van der Waals surface area contributed by atoms with Gasteiger partial charge in [0, 0.05) is 6.54 Å². The van der Waals surface area contributed by atoms with Crippen molar-refractivity contribution in [2.24, 2.45) is 5.73 Å². The van der Waals surface area contributed by atoms with Crippen molar-refractivity contribution >= 4 is 6.08 Å². The molecule has 1 aromatic rings. The van der Waals surface area contributed by atoms with E-state index in [-0.39, 0.29) is 0 Å². The molecule has 0 aliphatic carbocycles. The molecular weight excluding hydrogens is 170 g/mol. The molecule has 0 heterocycles. The molecule has 0 bridgehead atoms. The van der Waals surface area contributed by atoms with Gasteiger partial charge in [-0.05, 0) is 37.0 Å². The average Bonchev–Trinajstić information content (AvgIpc) is 2.19. The topological polar surface area (TPSA) is 26.0 Å². The van der Waals surface area contributed by atoms with Crippen molar-refractivity contribution in [2.45, 2.75) is 27.2 Å². The highest BCUT2D eigenvalue weighted by Gasteiger charge is 1.95. The zero-order chi connectivity index (χ0) is 10.6. The van der Waals surface area contributed by atoms with Crippen LogP contribution in [-0.2, 0) is 0 Å². The molecule has 76 valence electrons. The van der Waals surface area contributed by atoms with E-state index in [1.165, 1.54) is 22.3 Å². The van der Waals surface area contributed by atoms with Crippen LogP contribution in [0.4, 0.5) is 0 Å². The number of nitrogens with two attached hydrogens (primary N) is 1. The molecule has 0 radical (unpaired) electrons. The van der Waals surface area contributed by atoms with Gasteiger partial charge in [-0.1, -0.05) is 36.8 Å². The lowest BCUT2D eigenvalue weighted by Crippen LogP contribution is -2.01. The fourth-order valence-electron chi connectivity index (χ4n) is 1.40. The summed E-state index contributed by atoms with van der Waals surface area (Å²) in [6.45, 7) is 7.07. The minimum Gasteiger partial charge on any atom is -0.327 e. The largest absolute Gasteiger partial charge is 0.327 e. The molecule has 0 fully saturated rings. The van der Waals surface area contributed by atoms with Crippen molar-refractivity contribution in [3.8, 4) is 0 Å². The van der Waals surface area contributed by atoms with Gasteiger partial charge in [0.05, 0.1) is 0 Å². The van der Waals surface area contributed by atoms with Gasteiger partial charge in [-0.15, -0.1) is 0 Å². The Morgan fingerprint density at radius 1 is 1.29 bits per heavy atom. The highest BCUT2D eigenvalue weighted by atomic mass is 14.5. The van der Waals surface area contributed by atoms with Gasteiger partial charge < -0.3 is 5.73 Å². The van der Waals surface area contributed by atoms with Gasteiger partial charge in [0.15, 0.2) is 0 Å². The molecular formula is C13H19N. The van der Waals surface area contributed by atoms with E-state index in [9.17, 15) is 0 Å². The monoisotopic (exact) mass is 189 g/mol. The lowest BCUT2D eigenvalue weighted by atomic mass is 10.0. The molecule has 0 saturated carbocycles. The fraction of sp³-hybridized carbons (Fsp3) is 0.385. The van der Waals surface area contributed by atoms with Crippen molar-refractivity contribution < 1.29 is 0 Å². The summed E-state index contributed by atoms with van der Waals surface area (Å²) >= 11 is 0. The van der Waals surface area contributed by atoms with E-state index in [4.69, 9.17) is 5.73 Å². The standard InChI is InChI=1S/C13H19N/c1-4-12(9-14)8-13-6-5-10(2)11(3)7-13/h5-8H,4,9,14H2,1-3H3. The first-order valence-corrected chi connectivity index (χ1v) is 5.14. The molecule has 1 aromatic carbocycles. The van der Waals surface area contributed by atoms with Crippen molar-refractivity contribution in [1.29, 1.82) is 0 Å². The van der Waals surface area contributed by atoms with Crippen LogP contribution in [0.5, 0.6) is 0 Å². The molecule has 0 spiro atoms. The summed E-state index contributed by atoms with van der Waals surface area (Å²) in [6, 6.07) is 6.51. The second-order valence-electron chi connectivity index (χ2n) is 3.70. The Balaban J connectivity index is 2.97. The predicted molar refractivity (Wildman–Crippen MR) is 63.2 cm³/mol. The van der Waals surface area contributed by atoms with Gasteiger partial charge in [0.1, 0.15) is 0 Å². The highest BCUT2D eigenvalue weighted by molar-refractivity contribution is 5.55. The molecule has 0 atom stereocenters. The molecule has 1 heteroatoms. The molecule has 0 unspecified atom stereocenters. The Labute approximate surface area is 86.6 Å². The summed E-state index contributed by atoms with van der Waals surface area (Å²) in [5.74, 6) is 0. The molecule has 0 amide bonds. The van der Waals surface area contributed by atoms with Crippen LogP contribution >= 0.6 is 0 Å². The lowest BCUT2D eigenvalue weighted by molar-refractivity contribution is 1.02. The second kappa shape index (κ2) is 4.97. The summed E-state index contributed by atoms with van der Waals surface area (Å²) in [5, 5.41) is 0. The van der Waals surface area contributed by atoms with Crippen molar-refractivity contribution in [2.75, 3.05) is 6.54 Å². The number of hydrogen-bond acceptors (Lipinski definition) is 1. The van der Waals surface area contributed by atoms with Crippen LogP contribution < -0.4 is 5.73 Å². The Bertz CT molecular complexity index is 331. The minimum absolute atomic E-state index is 0.656. The Hall–Kier alpha value is -1.08. The summed E-state index contributed by atoms with van der Waals surface area (Å²) in [4.78, 5) is 0. The molecule has 1 nitrogen and oxygen atoms in total. The molecule has 0 aliphatic heterocycles. The van der Waals surface area contributed by atoms with Gasteiger partial charge >= 0.3 is 0 Å². The van der Waals surface area contributed by atoms with E-state index in [0.717, 1.165) is 6.42 Å². The third-order valence-corrected chi connectivity index (χ3v) is 2.62. The first-order valence-electron chi connectivity index (χ1n) is 5.14. The normalized spacial score (nSPS) is 11.9. The maximum absolute atomic E-state index is 5.63. The van der Waals surface area contributed by atoms with Crippen LogP contribution in [-0.4, -0.2) is 6.54 Å². The quantitative estimate of drug-likeness (QED) is 0.777. The smallest absolute Gasteiger partial charge is 0.0140 e. The summed E-state index contributed by atoms with van der Waals surface area (Å²) in [5.41, 5.74) is 10.9. The highest BCUT2D eigenvalue weighted by Crippen LogP contribution is 2.13. The molecule has 0 aliphatic rings. The van der Waals surface area contributed by atoms with E-state index >= 15 is 0 Å². The molecule has 0 saturated heterocycles. The summed E-state index contributed by atoms with van der Waals surface area (Å²) in [6.07, 6.45) is 3.22. The maximum Gasteiger partial charge on any atom is 0.0140 e. The van der Waals surface area contributed by atoms with Gasteiger partial charge in [0.25, 0.3) is 0 Å². The summed E-state index contributed by atoms with van der Waals surface area (Å²) < 4.78 is 0. The number of benzene rings is 1. The molecule has 1 rings (SSSR count). The van der Waals surface area contributed by atoms with E-state index in [1.54, 1.807) is 0 Å². The van der Waals surface area contributed by atoms with E-state index in [2.05, 4.69) is 45.0 Å². The van der Waals surface area contributed by atoms with Crippen molar-refractivity contribution in [3.63, 3.8) is 0 Å². The first-order chi connectivity index (χ1) is 6.67. The van der Waals surface area contributed by atoms with E-state index in [0.29, 0.717) is 6.54 Å². The zero-order valence-electron chi connectivity index (χ0n) is 9.30. The van der Waals surface area contributed by atoms with Gasteiger partial charge in [-0.2, -0.15) is 0 Å². The molecule has 14 heavy (non-hydrogen) atoms. The number of aryl methyl sites for hydroxylation is 2. The second-order valence-corrected chi connectivity index (χ2v) is 3.70. The van der Waals surface area contributed by atoms with Crippen LogP contribution in [0.1, 0.15) is 30.0 Å². The van der Waals surface area contributed by atoms with Crippen LogP contribution in [0.3, 0.4) is 0 Å².